The van der Waals surface area contributed by atoms with Crippen LogP contribution >= 0.6 is 0 Å². The largest absolute Gasteiger partial charge is 0.478 e. The highest BCUT2D eigenvalue weighted by Gasteiger charge is 2.31. The van der Waals surface area contributed by atoms with E-state index < -0.39 is 26.8 Å². The normalized spacial score (nSPS) is 12.9. The lowest BCUT2D eigenvalue weighted by atomic mass is 10.00. The summed E-state index contributed by atoms with van der Waals surface area (Å²) in [5.41, 5.74) is 0.859. The molecule has 2 aromatic carbocycles. The molecule has 0 atom stereocenters. The minimum absolute atomic E-state index is 0.0285. The molecule has 3 rings (SSSR count). The molecule has 0 aromatic heterocycles. The van der Waals surface area contributed by atoms with Crippen molar-refractivity contribution in [3.8, 4) is 11.1 Å². The average Bonchev–Trinajstić information content (AvgIpc) is 2.71. The first-order chi connectivity index (χ1) is 9.80. The maximum Gasteiger partial charge on any atom is 0.336 e. The topological polar surface area (TPSA) is 109 Å². The van der Waals surface area contributed by atoms with Crippen LogP contribution in [0.25, 0.3) is 11.1 Å². The third kappa shape index (κ3) is 1.94. The smallest absolute Gasteiger partial charge is 0.336 e. The van der Waals surface area contributed by atoms with E-state index in [2.05, 4.69) is 0 Å². The number of carbonyl (C=O) groups is 2. The summed E-state index contributed by atoms with van der Waals surface area (Å²) < 4.78 is 31.3. The molecule has 2 aromatic rings. The standard InChI is InChI=1S/C14H8O6S/c15-13-9-2-1-3-10(14(16)17)12(9)8-5-4-7(6-11(8)13)21(18,19)20/h1-6H,(H,16,17)(H,18,19,20). The lowest BCUT2D eigenvalue weighted by molar-refractivity contribution is 0.0697. The van der Waals surface area contributed by atoms with Crippen LogP contribution in [0.4, 0.5) is 0 Å². The number of rotatable bonds is 2. The molecule has 106 valence electrons. The van der Waals surface area contributed by atoms with Gasteiger partial charge in [0.05, 0.1) is 10.5 Å². The summed E-state index contributed by atoms with van der Waals surface area (Å²) in [4.78, 5) is 23.1. The molecule has 2 N–H and O–H groups in total. The fourth-order valence-electron chi connectivity index (χ4n) is 2.44. The number of ketones is 1. The Morgan fingerprint density at radius 2 is 1.71 bits per heavy atom. The van der Waals surface area contributed by atoms with Crippen LogP contribution in [0, 0.1) is 0 Å². The fourth-order valence-corrected chi connectivity index (χ4v) is 2.95. The highest BCUT2D eigenvalue weighted by Crippen LogP contribution is 2.39. The zero-order chi connectivity index (χ0) is 15.4. The predicted molar refractivity (Wildman–Crippen MR) is 72.1 cm³/mol. The van der Waals surface area contributed by atoms with Crippen LogP contribution in [-0.4, -0.2) is 29.8 Å². The Kier molecular flexibility index (Phi) is 2.72. The minimum atomic E-state index is -4.43. The van der Waals surface area contributed by atoms with E-state index in [0.29, 0.717) is 5.56 Å². The molecular weight excluding hydrogens is 296 g/mol. The highest BCUT2D eigenvalue weighted by atomic mass is 32.2. The molecule has 0 fully saturated rings. The van der Waals surface area contributed by atoms with Crippen molar-refractivity contribution in [1.29, 1.82) is 0 Å². The first-order valence-corrected chi connectivity index (χ1v) is 7.27. The Hall–Kier alpha value is -2.51. The molecule has 0 radical (unpaired) electrons. The van der Waals surface area contributed by atoms with Gasteiger partial charge in [-0.15, -0.1) is 0 Å². The van der Waals surface area contributed by atoms with E-state index in [-0.39, 0.29) is 22.3 Å². The Bertz CT molecular complexity index is 911. The van der Waals surface area contributed by atoms with Gasteiger partial charge in [-0.25, -0.2) is 4.79 Å². The Morgan fingerprint density at radius 1 is 1.00 bits per heavy atom. The number of carboxylic acids is 1. The molecule has 1 aliphatic rings. The molecule has 0 unspecified atom stereocenters. The van der Waals surface area contributed by atoms with Crippen molar-refractivity contribution in [3.05, 3.63) is 53.1 Å². The minimum Gasteiger partial charge on any atom is -0.478 e. The van der Waals surface area contributed by atoms with Crippen LogP contribution in [0.2, 0.25) is 0 Å². The van der Waals surface area contributed by atoms with Crippen molar-refractivity contribution in [2.45, 2.75) is 4.90 Å². The van der Waals surface area contributed by atoms with Crippen LogP contribution in [0.5, 0.6) is 0 Å². The molecule has 6 nitrogen and oxygen atoms in total. The molecule has 0 amide bonds. The van der Waals surface area contributed by atoms with E-state index in [0.717, 1.165) is 12.1 Å². The molecule has 1 aliphatic carbocycles. The van der Waals surface area contributed by atoms with Crippen molar-refractivity contribution >= 4 is 21.9 Å². The summed E-state index contributed by atoms with van der Waals surface area (Å²) in [6.07, 6.45) is 0. The predicted octanol–water partition coefficient (Wildman–Crippen LogP) is 1.84. The lowest BCUT2D eigenvalue weighted by Crippen LogP contribution is -2.01. The van der Waals surface area contributed by atoms with Gasteiger partial charge in [0.1, 0.15) is 0 Å². The van der Waals surface area contributed by atoms with Gasteiger partial charge in [-0.1, -0.05) is 18.2 Å². The van der Waals surface area contributed by atoms with Crippen molar-refractivity contribution in [3.63, 3.8) is 0 Å². The van der Waals surface area contributed by atoms with E-state index in [9.17, 15) is 23.1 Å². The highest BCUT2D eigenvalue weighted by molar-refractivity contribution is 7.85. The van der Waals surface area contributed by atoms with E-state index in [1.807, 2.05) is 0 Å². The summed E-state index contributed by atoms with van der Waals surface area (Å²) in [7, 11) is -4.43. The Morgan fingerprint density at radius 3 is 2.33 bits per heavy atom. The lowest BCUT2D eigenvalue weighted by Gasteiger charge is -2.05. The van der Waals surface area contributed by atoms with Gasteiger partial charge >= 0.3 is 5.97 Å². The number of carboxylic acid groups (broad SMARTS) is 1. The first-order valence-electron chi connectivity index (χ1n) is 5.83. The van der Waals surface area contributed by atoms with E-state index in [1.165, 1.54) is 24.3 Å². The average molecular weight is 304 g/mol. The SMILES string of the molecule is O=C(O)c1cccc2c1-c1ccc(S(=O)(=O)O)cc1C2=O. The van der Waals surface area contributed by atoms with Crippen LogP contribution < -0.4 is 0 Å². The van der Waals surface area contributed by atoms with Gasteiger partial charge < -0.3 is 5.11 Å². The Balaban J connectivity index is 2.34. The zero-order valence-corrected chi connectivity index (χ0v) is 11.2. The number of benzene rings is 2. The van der Waals surface area contributed by atoms with E-state index >= 15 is 0 Å². The van der Waals surface area contributed by atoms with Crippen molar-refractivity contribution in [1.82, 2.24) is 0 Å². The summed E-state index contributed by atoms with van der Waals surface area (Å²) in [6, 6.07) is 7.83. The van der Waals surface area contributed by atoms with Gasteiger partial charge in [0, 0.05) is 16.7 Å². The number of hydrogen-bond donors (Lipinski definition) is 2. The van der Waals surface area contributed by atoms with Crippen LogP contribution in [0.3, 0.4) is 0 Å². The van der Waals surface area contributed by atoms with Gasteiger partial charge in [0.15, 0.2) is 5.78 Å². The second kappa shape index (κ2) is 4.24. The quantitative estimate of drug-likeness (QED) is 0.699. The van der Waals surface area contributed by atoms with Gasteiger partial charge in [-0.3, -0.25) is 9.35 Å². The molecule has 0 aliphatic heterocycles. The van der Waals surface area contributed by atoms with E-state index in [1.54, 1.807) is 0 Å². The molecule has 0 saturated carbocycles. The van der Waals surface area contributed by atoms with Crippen molar-refractivity contribution < 1.29 is 27.7 Å². The molecule has 0 saturated heterocycles. The van der Waals surface area contributed by atoms with Crippen LogP contribution in [-0.2, 0) is 10.1 Å². The number of fused-ring (bicyclic) bond motifs is 3. The van der Waals surface area contributed by atoms with Gasteiger partial charge in [-0.2, -0.15) is 8.42 Å². The Labute approximate surface area is 119 Å². The first kappa shape index (κ1) is 13.5. The van der Waals surface area contributed by atoms with Crippen LogP contribution in [0.1, 0.15) is 26.3 Å². The van der Waals surface area contributed by atoms with E-state index in [4.69, 9.17) is 4.55 Å². The maximum atomic E-state index is 12.3. The number of aromatic carboxylic acids is 1. The summed E-state index contributed by atoms with van der Waals surface area (Å²) in [6.45, 7) is 0. The molecule has 7 heteroatoms. The second-order valence-corrected chi connectivity index (χ2v) is 5.97. The molecule has 21 heavy (non-hydrogen) atoms. The third-order valence-corrected chi connectivity index (χ3v) is 4.19. The summed E-state index contributed by atoms with van der Waals surface area (Å²) in [5, 5.41) is 9.20. The van der Waals surface area contributed by atoms with Gasteiger partial charge in [0.2, 0.25) is 0 Å². The third-order valence-electron chi connectivity index (χ3n) is 3.34. The second-order valence-electron chi connectivity index (χ2n) is 4.54. The van der Waals surface area contributed by atoms with Gasteiger partial charge in [0.25, 0.3) is 10.1 Å². The van der Waals surface area contributed by atoms with Crippen molar-refractivity contribution in [2.75, 3.05) is 0 Å². The zero-order valence-electron chi connectivity index (χ0n) is 10.4. The van der Waals surface area contributed by atoms with Crippen molar-refractivity contribution in [2.24, 2.45) is 0 Å². The number of carbonyl (C=O) groups excluding carboxylic acids is 1. The van der Waals surface area contributed by atoms with Crippen LogP contribution in [0.15, 0.2) is 41.3 Å². The maximum absolute atomic E-state index is 12.3. The summed E-state index contributed by atoms with van der Waals surface area (Å²) in [5.74, 6) is -1.64. The molecule has 0 heterocycles. The van der Waals surface area contributed by atoms with Gasteiger partial charge in [-0.05, 0) is 23.8 Å². The molecular formula is C14H8O6S. The number of hydrogen-bond acceptors (Lipinski definition) is 4. The molecule has 0 bridgehead atoms. The molecule has 0 spiro atoms. The summed E-state index contributed by atoms with van der Waals surface area (Å²) >= 11 is 0. The monoisotopic (exact) mass is 304 g/mol. The fraction of sp³-hybridized carbons (Fsp3) is 0.